The number of hydrogen-bond donors (Lipinski definition) is 1. The minimum absolute atomic E-state index is 0.201. The lowest BCUT2D eigenvalue weighted by Crippen LogP contribution is -2.18. The van der Waals surface area contributed by atoms with Gasteiger partial charge in [-0.15, -0.1) is 0 Å². The second-order valence-electron chi connectivity index (χ2n) is 4.41. The van der Waals surface area contributed by atoms with Gasteiger partial charge in [0.25, 0.3) is 5.91 Å². The Morgan fingerprint density at radius 2 is 1.95 bits per heavy atom. The van der Waals surface area contributed by atoms with Gasteiger partial charge in [0.1, 0.15) is 17.1 Å². The Bertz CT molecular complexity index is 626. The van der Waals surface area contributed by atoms with Gasteiger partial charge < -0.3 is 10.5 Å². The molecule has 1 amide bonds. The zero-order chi connectivity index (χ0) is 14.7. The maximum absolute atomic E-state index is 13.0. The second-order valence-corrected chi connectivity index (χ2v) is 4.41. The van der Waals surface area contributed by atoms with Gasteiger partial charge in [-0.3, -0.25) is 9.78 Å². The molecule has 104 valence electrons. The summed E-state index contributed by atoms with van der Waals surface area (Å²) in [5.74, 6) is -0.724. The Kier molecular flexibility index (Phi) is 3.98. The van der Waals surface area contributed by atoms with E-state index in [0.717, 1.165) is 5.56 Å². The first kappa shape index (κ1) is 14.0. The van der Waals surface area contributed by atoms with Crippen LogP contribution in [0.25, 0.3) is 0 Å². The van der Waals surface area contributed by atoms with E-state index in [1.165, 1.54) is 19.2 Å². The van der Waals surface area contributed by atoms with Crippen LogP contribution in [-0.2, 0) is 0 Å². The largest absolute Gasteiger partial charge is 0.496 e. The monoisotopic (exact) mass is 274 g/mol. The molecule has 0 spiro atoms. The van der Waals surface area contributed by atoms with Crippen LogP contribution in [0.4, 0.5) is 4.39 Å². The lowest BCUT2D eigenvalue weighted by molar-refractivity contribution is 0.0995. The molecule has 0 aliphatic carbocycles. The van der Waals surface area contributed by atoms with Crippen molar-refractivity contribution in [3.63, 3.8) is 0 Å². The molecular formula is C15H15FN2O2. The van der Waals surface area contributed by atoms with Crippen molar-refractivity contribution in [2.75, 3.05) is 7.11 Å². The van der Waals surface area contributed by atoms with Crippen LogP contribution in [0.2, 0.25) is 0 Å². The number of carbonyl (C=O) groups excluding carboxylic acids is 1. The number of primary amides is 1. The molecule has 2 N–H and O–H groups in total. The summed E-state index contributed by atoms with van der Waals surface area (Å²) in [6.07, 6.45) is 1.56. The quantitative estimate of drug-likeness (QED) is 0.931. The van der Waals surface area contributed by atoms with Gasteiger partial charge in [-0.2, -0.15) is 0 Å². The van der Waals surface area contributed by atoms with Crippen molar-refractivity contribution in [2.45, 2.75) is 12.8 Å². The fraction of sp³-hybridized carbons (Fsp3) is 0.200. The average molecular weight is 274 g/mol. The van der Waals surface area contributed by atoms with Gasteiger partial charge in [0.2, 0.25) is 0 Å². The summed E-state index contributed by atoms with van der Waals surface area (Å²) in [7, 11) is 1.47. The number of hydrogen-bond acceptors (Lipinski definition) is 3. The van der Waals surface area contributed by atoms with Gasteiger partial charge in [-0.25, -0.2) is 4.39 Å². The highest BCUT2D eigenvalue weighted by Crippen LogP contribution is 2.29. The molecule has 0 saturated carbocycles. The highest BCUT2D eigenvalue weighted by atomic mass is 19.1. The van der Waals surface area contributed by atoms with E-state index in [9.17, 15) is 9.18 Å². The van der Waals surface area contributed by atoms with Crippen LogP contribution in [0, 0.1) is 5.82 Å². The number of benzene rings is 1. The van der Waals surface area contributed by atoms with Gasteiger partial charge in [0.15, 0.2) is 0 Å². The van der Waals surface area contributed by atoms with Crippen molar-refractivity contribution >= 4 is 5.91 Å². The minimum Gasteiger partial charge on any atom is -0.496 e. The lowest BCUT2D eigenvalue weighted by Gasteiger charge is -2.16. The minimum atomic E-state index is -0.598. The molecule has 1 heterocycles. The van der Waals surface area contributed by atoms with Crippen LogP contribution in [0.15, 0.2) is 36.5 Å². The number of nitrogens with zero attached hydrogens (tertiary/aromatic N) is 1. The Morgan fingerprint density at radius 3 is 2.50 bits per heavy atom. The predicted molar refractivity (Wildman–Crippen MR) is 73.2 cm³/mol. The maximum Gasteiger partial charge on any atom is 0.254 e. The molecule has 0 bridgehead atoms. The van der Waals surface area contributed by atoms with Gasteiger partial charge in [0.05, 0.1) is 12.8 Å². The highest BCUT2D eigenvalue weighted by Gasteiger charge is 2.21. The van der Waals surface area contributed by atoms with Crippen molar-refractivity contribution in [2.24, 2.45) is 5.73 Å². The van der Waals surface area contributed by atoms with E-state index in [-0.39, 0.29) is 17.3 Å². The number of amides is 1. The number of halogens is 1. The van der Waals surface area contributed by atoms with Gasteiger partial charge in [0, 0.05) is 12.1 Å². The third kappa shape index (κ3) is 2.61. The molecule has 5 heteroatoms. The smallest absolute Gasteiger partial charge is 0.254 e. The van der Waals surface area contributed by atoms with Gasteiger partial charge in [-0.05, 0) is 23.8 Å². The normalized spacial score (nSPS) is 11.9. The number of carbonyl (C=O) groups is 1. The zero-order valence-electron chi connectivity index (χ0n) is 11.3. The van der Waals surface area contributed by atoms with E-state index in [0.29, 0.717) is 11.4 Å². The number of pyridine rings is 1. The SMILES string of the molecule is COc1ccnc([C@@H](C)c2ccc(F)cc2)c1C(N)=O. The molecule has 0 saturated heterocycles. The van der Waals surface area contributed by atoms with Crippen molar-refractivity contribution in [3.8, 4) is 5.75 Å². The Balaban J connectivity index is 2.51. The van der Waals surface area contributed by atoms with Gasteiger partial charge >= 0.3 is 0 Å². The van der Waals surface area contributed by atoms with Crippen LogP contribution in [0.5, 0.6) is 5.75 Å². The molecule has 1 aromatic heterocycles. The third-order valence-electron chi connectivity index (χ3n) is 3.19. The third-order valence-corrected chi connectivity index (χ3v) is 3.19. The van der Waals surface area contributed by atoms with Crippen LogP contribution >= 0.6 is 0 Å². The van der Waals surface area contributed by atoms with E-state index in [1.807, 2.05) is 6.92 Å². The molecular weight excluding hydrogens is 259 g/mol. The van der Waals surface area contributed by atoms with Crippen LogP contribution in [0.1, 0.15) is 34.5 Å². The van der Waals surface area contributed by atoms with Crippen molar-refractivity contribution in [3.05, 3.63) is 59.2 Å². The maximum atomic E-state index is 13.0. The summed E-state index contributed by atoms with van der Waals surface area (Å²) in [6, 6.07) is 7.64. The summed E-state index contributed by atoms with van der Waals surface area (Å²) < 4.78 is 18.1. The fourth-order valence-electron chi connectivity index (χ4n) is 2.11. The van der Waals surface area contributed by atoms with E-state index in [2.05, 4.69) is 4.98 Å². The van der Waals surface area contributed by atoms with Crippen LogP contribution in [-0.4, -0.2) is 18.0 Å². The molecule has 0 fully saturated rings. The van der Waals surface area contributed by atoms with Crippen molar-refractivity contribution in [1.82, 2.24) is 4.98 Å². The predicted octanol–water partition coefficient (Wildman–Crippen LogP) is 2.48. The first-order valence-corrected chi connectivity index (χ1v) is 6.12. The Labute approximate surface area is 116 Å². The first-order valence-electron chi connectivity index (χ1n) is 6.12. The number of methoxy groups -OCH3 is 1. The van der Waals surface area contributed by atoms with Crippen LogP contribution < -0.4 is 10.5 Å². The molecule has 1 atom stereocenters. The molecule has 0 unspecified atom stereocenters. The van der Waals surface area contributed by atoms with E-state index >= 15 is 0 Å². The molecule has 2 aromatic rings. The molecule has 0 radical (unpaired) electrons. The molecule has 0 aliphatic heterocycles. The van der Waals surface area contributed by atoms with Crippen molar-refractivity contribution in [1.29, 1.82) is 0 Å². The highest BCUT2D eigenvalue weighted by molar-refractivity contribution is 5.97. The van der Waals surface area contributed by atoms with Gasteiger partial charge in [-0.1, -0.05) is 19.1 Å². The first-order chi connectivity index (χ1) is 9.54. The zero-order valence-corrected chi connectivity index (χ0v) is 11.3. The molecule has 2 rings (SSSR count). The number of aromatic nitrogens is 1. The lowest BCUT2D eigenvalue weighted by atomic mass is 9.93. The van der Waals surface area contributed by atoms with E-state index < -0.39 is 5.91 Å². The van der Waals surface area contributed by atoms with E-state index in [1.54, 1.807) is 24.4 Å². The summed E-state index contributed by atoms with van der Waals surface area (Å²) in [5, 5.41) is 0. The standard InChI is InChI=1S/C15H15FN2O2/c1-9(10-3-5-11(16)6-4-10)14-13(15(17)19)12(20-2)7-8-18-14/h3-9H,1-2H3,(H2,17,19)/t9-/m0/s1. The number of nitrogens with two attached hydrogens (primary N) is 1. The molecule has 20 heavy (non-hydrogen) atoms. The Hall–Kier alpha value is -2.43. The summed E-state index contributed by atoms with van der Waals surface area (Å²) in [4.78, 5) is 15.9. The van der Waals surface area contributed by atoms with Crippen molar-refractivity contribution < 1.29 is 13.9 Å². The molecule has 0 aliphatic rings. The number of ether oxygens (including phenoxy) is 1. The molecule has 4 nitrogen and oxygen atoms in total. The molecule has 1 aromatic carbocycles. The van der Waals surface area contributed by atoms with Crippen LogP contribution in [0.3, 0.4) is 0 Å². The fourth-order valence-corrected chi connectivity index (χ4v) is 2.11. The summed E-state index contributed by atoms with van der Waals surface area (Å²) >= 11 is 0. The van der Waals surface area contributed by atoms with E-state index in [4.69, 9.17) is 10.5 Å². The second kappa shape index (κ2) is 5.69. The number of rotatable bonds is 4. The average Bonchev–Trinajstić information content (AvgIpc) is 2.46. The topological polar surface area (TPSA) is 65.2 Å². The Morgan fingerprint density at radius 1 is 1.30 bits per heavy atom. The summed E-state index contributed by atoms with van der Waals surface area (Å²) in [6.45, 7) is 1.88. The summed E-state index contributed by atoms with van der Waals surface area (Å²) in [5.41, 5.74) is 7.03.